The van der Waals surface area contributed by atoms with Gasteiger partial charge in [0.05, 0.1) is 11.9 Å². The summed E-state index contributed by atoms with van der Waals surface area (Å²) in [6, 6.07) is 10.4. The van der Waals surface area contributed by atoms with E-state index < -0.39 is 6.10 Å². The zero-order chi connectivity index (χ0) is 20.2. The van der Waals surface area contributed by atoms with Crippen LogP contribution in [0, 0.1) is 6.92 Å². The third kappa shape index (κ3) is 4.33. The summed E-state index contributed by atoms with van der Waals surface area (Å²) in [5, 5.41) is 5.62. The molecule has 0 spiro atoms. The van der Waals surface area contributed by atoms with Crippen LogP contribution in [-0.2, 0) is 9.53 Å². The van der Waals surface area contributed by atoms with Gasteiger partial charge in [-0.2, -0.15) is 0 Å². The van der Waals surface area contributed by atoms with E-state index >= 15 is 0 Å². The van der Waals surface area contributed by atoms with E-state index in [0.717, 1.165) is 18.1 Å². The molecule has 0 bridgehead atoms. The number of nitrogens with one attached hydrogen (secondary N) is 2. The fourth-order valence-electron chi connectivity index (χ4n) is 3.17. The van der Waals surface area contributed by atoms with Gasteiger partial charge in [-0.1, -0.05) is 6.07 Å². The van der Waals surface area contributed by atoms with Gasteiger partial charge in [0.15, 0.2) is 0 Å². The Bertz CT molecular complexity index is 1020. The van der Waals surface area contributed by atoms with Crippen LogP contribution in [0.15, 0.2) is 55.0 Å². The standard InChI is InChI=1S/C21H21N5O3/c1-14-22-9-10-26(14)19-8-7-17(13-23-19)25-20(27)15-4-2-5-16(12-15)24-21(28)18-6-3-11-29-18/h2,4-5,7-10,12-13,18H,3,6,11H2,1H3,(H,24,28)(H,25,27)/t18-/m1/s1. The number of rotatable bonds is 5. The molecule has 2 N–H and O–H groups in total. The van der Waals surface area contributed by atoms with Gasteiger partial charge in [-0.25, -0.2) is 9.97 Å². The van der Waals surface area contributed by atoms with Gasteiger partial charge in [0.2, 0.25) is 0 Å². The Labute approximate surface area is 167 Å². The van der Waals surface area contributed by atoms with Gasteiger partial charge < -0.3 is 15.4 Å². The van der Waals surface area contributed by atoms with Crippen molar-refractivity contribution >= 4 is 23.2 Å². The first kappa shape index (κ1) is 18.8. The van der Waals surface area contributed by atoms with E-state index in [1.165, 1.54) is 0 Å². The zero-order valence-corrected chi connectivity index (χ0v) is 16.0. The van der Waals surface area contributed by atoms with Gasteiger partial charge in [0.25, 0.3) is 11.8 Å². The maximum absolute atomic E-state index is 12.6. The predicted octanol–water partition coefficient (Wildman–Crippen LogP) is 2.95. The zero-order valence-electron chi connectivity index (χ0n) is 16.0. The third-order valence-electron chi connectivity index (χ3n) is 4.69. The van der Waals surface area contributed by atoms with Gasteiger partial charge in [-0.05, 0) is 50.1 Å². The summed E-state index contributed by atoms with van der Waals surface area (Å²) in [7, 11) is 0. The molecule has 4 rings (SSSR count). The van der Waals surface area contributed by atoms with Crippen LogP contribution < -0.4 is 10.6 Å². The number of anilines is 2. The van der Waals surface area contributed by atoms with Crippen molar-refractivity contribution in [3.63, 3.8) is 0 Å². The second kappa shape index (κ2) is 8.24. The molecule has 1 aliphatic rings. The van der Waals surface area contributed by atoms with Crippen molar-refractivity contribution in [2.24, 2.45) is 0 Å². The number of nitrogens with zero attached hydrogens (tertiary/aromatic N) is 3. The highest BCUT2D eigenvalue weighted by molar-refractivity contribution is 6.05. The highest BCUT2D eigenvalue weighted by atomic mass is 16.5. The van der Waals surface area contributed by atoms with Crippen molar-refractivity contribution in [3.05, 3.63) is 66.4 Å². The first-order chi connectivity index (χ1) is 14.1. The lowest BCUT2D eigenvalue weighted by Crippen LogP contribution is -2.27. The molecule has 3 heterocycles. The summed E-state index contributed by atoms with van der Waals surface area (Å²) >= 11 is 0. The molecule has 2 amide bonds. The van der Waals surface area contributed by atoms with Crippen LogP contribution in [0.25, 0.3) is 5.82 Å². The Balaban J connectivity index is 1.42. The maximum atomic E-state index is 12.6. The van der Waals surface area contributed by atoms with E-state index in [2.05, 4.69) is 20.6 Å². The topological polar surface area (TPSA) is 98.1 Å². The summed E-state index contributed by atoms with van der Waals surface area (Å²) < 4.78 is 7.24. The fraction of sp³-hybridized carbons (Fsp3) is 0.238. The molecule has 3 aromatic rings. The van der Waals surface area contributed by atoms with E-state index in [-0.39, 0.29) is 11.8 Å². The number of aromatic nitrogens is 3. The van der Waals surface area contributed by atoms with Crippen molar-refractivity contribution in [3.8, 4) is 5.82 Å². The maximum Gasteiger partial charge on any atom is 0.255 e. The summed E-state index contributed by atoms with van der Waals surface area (Å²) in [5.41, 5.74) is 1.57. The number of aryl methyl sites for hydroxylation is 1. The molecule has 148 valence electrons. The van der Waals surface area contributed by atoms with Crippen LogP contribution in [0.5, 0.6) is 0 Å². The summed E-state index contributed by atoms with van der Waals surface area (Å²) in [6.07, 6.45) is 6.30. The van der Waals surface area contributed by atoms with E-state index in [9.17, 15) is 9.59 Å². The Kier molecular flexibility index (Phi) is 5.35. The van der Waals surface area contributed by atoms with Crippen LogP contribution in [0.1, 0.15) is 29.0 Å². The minimum absolute atomic E-state index is 0.186. The number of carbonyl (C=O) groups excluding carboxylic acids is 2. The molecule has 1 aliphatic heterocycles. The molecular weight excluding hydrogens is 370 g/mol. The molecule has 2 aromatic heterocycles. The summed E-state index contributed by atoms with van der Waals surface area (Å²) in [5.74, 6) is 1.08. The fourth-order valence-corrected chi connectivity index (χ4v) is 3.17. The van der Waals surface area contributed by atoms with Crippen molar-refractivity contribution < 1.29 is 14.3 Å². The number of imidazole rings is 1. The van der Waals surface area contributed by atoms with Gasteiger partial charge in [0, 0.05) is 30.3 Å². The second-order valence-electron chi connectivity index (χ2n) is 6.78. The highest BCUT2D eigenvalue weighted by Gasteiger charge is 2.23. The largest absolute Gasteiger partial charge is 0.368 e. The van der Waals surface area contributed by atoms with Gasteiger partial charge in [0.1, 0.15) is 17.7 Å². The molecule has 29 heavy (non-hydrogen) atoms. The molecule has 1 atom stereocenters. The number of amides is 2. The third-order valence-corrected chi connectivity index (χ3v) is 4.69. The van der Waals surface area contributed by atoms with E-state index in [0.29, 0.717) is 30.0 Å². The number of ether oxygens (including phenoxy) is 1. The second-order valence-corrected chi connectivity index (χ2v) is 6.78. The Morgan fingerprint density at radius 1 is 1.14 bits per heavy atom. The molecule has 0 unspecified atom stereocenters. The minimum atomic E-state index is -0.420. The normalized spacial score (nSPS) is 15.8. The van der Waals surface area contributed by atoms with Crippen molar-refractivity contribution in [2.75, 3.05) is 17.2 Å². The van der Waals surface area contributed by atoms with E-state index in [1.807, 2.05) is 23.8 Å². The molecule has 8 heteroatoms. The lowest BCUT2D eigenvalue weighted by atomic mass is 10.1. The number of hydrogen-bond donors (Lipinski definition) is 2. The first-order valence-electron chi connectivity index (χ1n) is 9.40. The molecule has 0 radical (unpaired) electrons. The lowest BCUT2D eigenvalue weighted by Gasteiger charge is -2.11. The Hall–Kier alpha value is -3.52. The average Bonchev–Trinajstić information content (AvgIpc) is 3.41. The van der Waals surface area contributed by atoms with Crippen molar-refractivity contribution in [1.29, 1.82) is 0 Å². The molecule has 1 fully saturated rings. The number of pyridine rings is 1. The van der Waals surface area contributed by atoms with Gasteiger partial charge in [-0.15, -0.1) is 0 Å². The van der Waals surface area contributed by atoms with Crippen LogP contribution in [0.4, 0.5) is 11.4 Å². The molecular formula is C21H21N5O3. The SMILES string of the molecule is Cc1nccn1-c1ccc(NC(=O)c2cccc(NC(=O)[C@H]3CCCO3)c2)cn1. The van der Waals surface area contributed by atoms with Crippen LogP contribution in [0.2, 0.25) is 0 Å². The summed E-state index contributed by atoms with van der Waals surface area (Å²) in [6.45, 7) is 2.50. The quantitative estimate of drug-likeness (QED) is 0.697. The van der Waals surface area contributed by atoms with Crippen molar-refractivity contribution in [1.82, 2.24) is 14.5 Å². The van der Waals surface area contributed by atoms with Gasteiger partial charge >= 0.3 is 0 Å². The molecule has 0 aliphatic carbocycles. The smallest absolute Gasteiger partial charge is 0.255 e. The Morgan fingerprint density at radius 2 is 2.03 bits per heavy atom. The highest BCUT2D eigenvalue weighted by Crippen LogP contribution is 2.18. The molecule has 0 saturated carbocycles. The van der Waals surface area contributed by atoms with E-state index in [4.69, 9.17) is 4.74 Å². The van der Waals surface area contributed by atoms with Crippen molar-refractivity contribution in [2.45, 2.75) is 25.9 Å². The molecule has 1 aromatic carbocycles. The van der Waals surface area contributed by atoms with Crippen LogP contribution in [-0.4, -0.2) is 39.1 Å². The number of hydrogen-bond acceptors (Lipinski definition) is 5. The van der Waals surface area contributed by atoms with E-state index in [1.54, 1.807) is 42.7 Å². The lowest BCUT2D eigenvalue weighted by molar-refractivity contribution is -0.124. The minimum Gasteiger partial charge on any atom is -0.368 e. The van der Waals surface area contributed by atoms with Gasteiger partial charge in [-0.3, -0.25) is 14.2 Å². The monoisotopic (exact) mass is 391 g/mol. The van der Waals surface area contributed by atoms with Crippen LogP contribution in [0.3, 0.4) is 0 Å². The molecule has 8 nitrogen and oxygen atoms in total. The predicted molar refractivity (Wildman–Crippen MR) is 108 cm³/mol. The Morgan fingerprint density at radius 3 is 2.72 bits per heavy atom. The number of carbonyl (C=O) groups is 2. The van der Waals surface area contributed by atoms with Crippen LogP contribution >= 0.6 is 0 Å². The first-order valence-corrected chi connectivity index (χ1v) is 9.40. The average molecular weight is 391 g/mol. The molecule has 1 saturated heterocycles. The summed E-state index contributed by atoms with van der Waals surface area (Å²) in [4.78, 5) is 33.3. The number of benzene rings is 1.